The van der Waals surface area contributed by atoms with Crippen molar-refractivity contribution >= 4 is 5.97 Å². The first-order valence-electron chi connectivity index (χ1n) is 4.57. The molecule has 0 saturated heterocycles. The fourth-order valence-corrected chi connectivity index (χ4v) is 1.16. The van der Waals surface area contributed by atoms with Gasteiger partial charge in [0, 0.05) is 6.42 Å². The zero-order valence-electron chi connectivity index (χ0n) is 8.61. The normalized spacial score (nSPS) is 13.1. The van der Waals surface area contributed by atoms with Crippen LogP contribution in [0.15, 0.2) is 0 Å². The summed E-state index contributed by atoms with van der Waals surface area (Å²) in [5.41, 5.74) is 0. The summed E-state index contributed by atoms with van der Waals surface area (Å²) in [6, 6.07) is 0. The van der Waals surface area contributed by atoms with Gasteiger partial charge in [-0.1, -0.05) is 0 Å². The number of hydrogen-bond donors (Lipinski definition) is 1. The van der Waals surface area contributed by atoms with Crippen LogP contribution >= 0.6 is 0 Å². The van der Waals surface area contributed by atoms with Gasteiger partial charge in [-0.2, -0.15) is 26.3 Å². The summed E-state index contributed by atoms with van der Waals surface area (Å²) in [4.78, 5) is 10.6. The predicted octanol–water partition coefficient (Wildman–Crippen LogP) is 2.28. The third-order valence-electron chi connectivity index (χ3n) is 1.70. The van der Waals surface area contributed by atoms with Crippen LogP contribution < -0.4 is 0 Å². The molecule has 0 aliphatic heterocycles. The van der Waals surface area contributed by atoms with Gasteiger partial charge >= 0.3 is 18.3 Å². The van der Waals surface area contributed by atoms with Gasteiger partial charge in [-0.05, 0) is 13.0 Å². The summed E-state index contributed by atoms with van der Waals surface area (Å²) in [5, 5.41) is 8.31. The molecule has 0 aliphatic carbocycles. The average molecular weight is 267 g/mol. The molecule has 9 heteroatoms. The van der Waals surface area contributed by atoms with Crippen molar-refractivity contribution in [3.8, 4) is 0 Å². The number of carbonyl (C=O) groups is 1. The van der Waals surface area contributed by atoms with Gasteiger partial charge in [-0.3, -0.25) is 9.69 Å². The highest BCUT2D eigenvalue weighted by Crippen LogP contribution is 2.22. The molecule has 0 rings (SSSR count). The number of aliphatic carboxylic acids is 1. The Kier molecular flexibility index (Phi) is 5.73. The first-order chi connectivity index (χ1) is 7.49. The quantitative estimate of drug-likeness (QED) is 0.750. The number of carboxylic acid groups (broad SMARTS) is 1. The molecule has 0 aromatic rings. The number of carboxylic acids is 1. The van der Waals surface area contributed by atoms with Crippen LogP contribution in [-0.4, -0.2) is 48.0 Å². The van der Waals surface area contributed by atoms with Gasteiger partial charge < -0.3 is 5.11 Å². The molecular formula is C8H11F6NO2. The lowest BCUT2D eigenvalue weighted by Gasteiger charge is -2.21. The third-order valence-corrected chi connectivity index (χ3v) is 1.70. The van der Waals surface area contributed by atoms with E-state index >= 15 is 0 Å². The van der Waals surface area contributed by atoms with Crippen molar-refractivity contribution in [3.63, 3.8) is 0 Å². The third kappa shape index (κ3) is 11.3. The number of halogens is 6. The van der Waals surface area contributed by atoms with Crippen molar-refractivity contribution in [2.75, 3.05) is 19.6 Å². The van der Waals surface area contributed by atoms with E-state index in [9.17, 15) is 31.1 Å². The summed E-state index contributed by atoms with van der Waals surface area (Å²) in [6.07, 6.45) is -10.9. The Morgan fingerprint density at radius 3 is 1.94 bits per heavy atom. The molecular weight excluding hydrogens is 256 g/mol. The summed E-state index contributed by atoms with van der Waals surface area (Å²) >= 11 is 0. The SMILES string of the molecule is O=C(O)CN(CCCC(F)(F)F)CC(F)(F)F. The zero-order chi connectivity index (χ0) is 13.7. The van der Waals surface area contributed by atoms with Crippen molar-refractivity contribution < 1.29 is 36.2 Å². The summed E-state index contributed by atoms with van der Waals surface area (Å²) < 4.78 is 71.1. The maximum Gasteiger partial charge on any atom is 0.401 e. The Morgan fingerprint density at radius 2 is 1.59 bits per heavy atom. The summed E-state index contributed by atoms with van der Waals surface area (Å²) in [6.45, 7) is -3.03. The Labute approximate surface area is 93.0 Å². The fraction of sp³-hybridized carbons (Fsp3) is 0.875. The Hall–Kier alpha value is -0.990. The zero-order valence-corrected chi connectivity index (χ0v) is 8.61. The highest BCUT2D eigenvalue weighted by atomic mass is 19.4. The van der Waals surface area contributed by atoms with E-state index in [1.807, 2.05) is 0 Å². The second kappa shape index (κ2) is 6.08. The minimum Gasteiger partial charge on any atom is -0.480 e. The lowest BCUT2D eigenvalue weighted by molar-refractivity contribution is -0.156. The number of alkyl halides is 6. The highest BCUT2D eigenvalue weighted by molar-refractivity contribution is 5.69. The van der Waals surface area contributed by atoms with Crippen molar-refractivity contribution in [1.29, 1.82) is 0 Å². The van der Waals surface area contributed by atoms with Crippen LogP contribution in [0.1, 0.15) is 12.8 Å². The molecule has 3 nitrogen and oxygen atoms in total. The van der Waals surface area contributed by atoms with Crippen LogP contribution in [0.25, 0.3) is 0 Å². The first-order valence-corrected chi connectivity index (χ1v) is 4.57. The standard InChI is InChI=1S/C8H11F6NO2/c9-7(10,11)2-1-3-15(4-6(16)17)5-8(12,13)14/h1-5H2,(H,16,17). The Morgan fingerprint density at radius 1 is 1.06 bits per heavy atom. The summed E-state index contributed by atoms with van der Waals surface area (Å²) in [7, 11) is 0. The molecule has 0 fully saturated rings. The van der Waals surface area contributed by atoms with Gasteiger partial charge in [-0.25, -0.2) is 0 Å². The van der Waals surface area contributed by atoms with Gasteiger partial charge in [0.25, 0.3) is 0 Å². The molecule has 0 unspecified atom stereocenters. The van der Waals surface area contributed by atoms with E-state index in [1.165, 1.54) is 0 Å². The van der Waals surface area contributed by atoms with Crippen LogP contribution in [-0.2, 0) is 4.79 Å². The van der Waals surface area contributed by atoms with Gasteiger partial charge in [0.1, 0.15) is 0 Å². The molecule has 0 aromatic carbocycles. The van der Waals surface area contributed by atoms with E-state index in [1.54, 1.807) is 0 Å². The van der Waals surface area contributed by atoms with Gasteiger partial charge in [-0.15, -0.1) is 0 Å². The average Bonchev–Trinajstić information content (AvgIpc) is 1.95. The van der Waals surface area contributed by atoms with Crippen molar-refractivity contribution in [2.45, 2.75) is 25.2 Å². The fourth-order valence-electron chi connectivity index (χ4n) is 1.16. The molecule has 0 aliphatic rings. The molecule has 0 atom stereocenters. The maximum atomic E-state index is 12.0. The monoisotopic (exact) mass is 267 g/mol. The minimum absolute atomic E-state index is 0.425. The van der Waals surface area contributed by atoms with Gasteiger partial charge in [0.2, 0.25) is 0 Å². The molecule has 102 valence electrons. The Balaban J connectivity index is 4.16. The molecule has 1 N–H and O–H groups in total. The molecule has 0 saturated carbocycles. The van der Waals surface area contributed by atoms with E-state index < -0.39 is 50.8 Å². The van der Waals surface area contributed by atoms with Crippen LogP contribution in [0.2, 0.25) is 0 Å². The van der Waals surface area contributed by atoms with Crippen molar-refractivity contribution in [1.82, 2.24) is 4.90 Å². The summed E-state index contributed by atoms with van der Waals surface area (Å²) in [5.74, 6) is -1.51. The van der Waals surface area contributed by atoms with E-state index in [0.717, 1.165) is 0 Å². The second-order valence-corrected chi connectivity index (χ2v) is 3.44. The van der Waals surface area contributed by atoms with Crippen LogP contribution in [0.3, 0.4) is 0 Å². The van der Waals surface area contributed by atoms with Crippen LogP contribution in [0.5, 0.6) is 0 Å². The lowest BCUT2D eigenvalue weighted by Crippen LogP contribution is -2.38. The number of rotatable bonds is 6. The number of nitrogens with zero attached hydrogens (tertiary/aromatic N) is 1. The molecule has 0 spiro atoms. The highest BCUT2D eigenvalue weighted by Gasteiger charge is 2.32. The first kappa shape index (κ1) is 16.0. The van der Waals surface area contributed by atoms with Crippen LogP contribution in [0.4, 0.5) is 26.3 Å². The van der Waals surface area contributed by atoms with Crippen molar-refractivity contribution in [2.24, 2.45) is 0 Å². The lowest BCUT2D eigenvalue weighted by atomic mass is 10.3. The maximum absolute atomic E-state index is 12.0. The molecule has 0 bridgehead atoms. The van der Waals surface area contributed by atoms with E-state index in [0.29, 0.717) is 4.90 Å². The Bertz CT molecular complexity index is 249. The predicted molar refractivity (Wildman–Crippen MR) is 45.4 cm³/mol. The van der Waals surface area contributed by atoms with E-state index in [2.05, 4.69) is 0 Å². The molecule has 0 aromatic heterocycles. The second-order valence-electron chi connectivity index (χ2n) is 3.44. The smallest absolute Gasteiger partial charge is 0.401 e. The van der Waals surface area contributed by atoms with Gasteiger partial charge in [0.05, 0.1) is 13.1 Å². The van der Waals surface area contributed by atoms with Crippen molar-refractivity contribution in [3.05, 3.63) is 0 Å². The molecule has 0 amide bonds. The topological polar surface area (TPSA) is 40.5 Å². The largest absolute Gasteiger partial charge is 0.480 e. The molecule has 17 heavy (non-hydrogen) atoms. The van der Waals surface area contributed by atoms with Crippen LogP contribution in [0, 0.1) is 0 Å². The molecule has 0 heterocycles. The number of hydrogen-bond acceptors (Lipinski definition) is 2. The van der Waals surface area contributed by atoms with Gasteiger partial charge in [0.15, 0.2) is 0 Å². The minimum atomic E-state index is -4.63. The van der Waals surface area contributed by atoms with E-state index in [-0.39, 0.29) is 0 Å². The van der Waals surface area contributed by atoms with E-state index in [4.69, 9.17) is 5.11 Å². The molecule has 0 radical (unpaired) electrons.